The first-order valence-electron chi connectivity index (χ1n) is 8.18. The third-order valence-corrected chi connectivity index (χ3v) is 4.59. The van der Waals surface area contributed by atoms with Crippen LogP contribution in [0, 0.1) is 11.6 Å². The van der Waals surface area contributed by atoms with Crippen LogP contribution in [0.3, 0.4) is 0 Å². The SMILES string of the molecule is CN(C)c1cc(N(C)C2CCN(Cc3c(F)cncc3F)C2)ncn1. The Morgan fingerprint density at radius 1 is 1.12 bits per heavy atom. The van der Waals surface area contributed by atoms with E-state index in [1.54, 1.807) is 6.33 Å². The van der Waals surface area contributed by atoms with Crippen LogP contribution in [-0.2, 0) is 6.54 Å². The normalized spacial score (nSPS) is 17.7. The van der Waals surface area contributed by atoms with E-state index in [2.05, 4.69) is 24.8 Å². The lowest BCUT2D eigenvalue weighted by molar-refractivity contribution is 0.313. The fourth-order valence-corrected chi connectivity index (χ4v) is 3.05. The fraction of sp³-hybridized carbons (Fsp3) is 0.471. The highest BCUT2D eigenvalue weighted by Gasteiger charge is 2.28. The zero-order valence-corrected chi connectivity index (χ0v) is 14.7. The van der Waals surface area contributed by atoms with Gasteiger partial charge in [0.25, 0.3) is 0 Å². The number of anilines is 2. The highest BCUT2D eigenvalue weighted by Crippen LogP contribution is 2.24. The first-order chi connectivity index (χ1) is 12.0. The molecule has 0 radical (unpaired) electrons. The van der Waals surface area contributed by atoms with Crippen molar-refractivity contribution in [3.05, 3.63) is 42.0 Å². The van der Waals surface area contributed by atoms with Gasteiger partial charge >= 0.3 is 0 Å². The van der Waals surface area contributed by atoms with Crippen molar-refractivity contribution in [1.29, 1.82) is 0 Å². The Bertz CT molecular complexity index is 719. The third-order valence-electron chi connectivity index (χ3n) is 4.59. The fourth-order valence-electron chi connectivity index (χ4n) is 3.05. The second kappa shape index (κ2) is 7.26. The molecular weight excluding hydrogens is 326 g/mol. The minimum atomic E-state index is -0.594. The largest absolute Gasteiger partial charge is 0.363 e. The van der Waals surface area contributed by atoms with E-state index in [4.69, 9.17) is 0 Å². The van der Waals surface area contributed by atoms with Crippen LogP contribution in [0.4, 0.5) is 20.4 Å². The van der Waals surface area contributed by atoms with Crippen LogP contribution in [0.1, 0.15) is 12.0 Å². The summed E-state index contributed by atoms with van der Waals surface area (Å²) in [6, 6.07) is 2.17. The molecule has 0 aliphatic carbocycles. The van der Waals surface area contributed by atoms with Crippen LogP contribution in [0.5, 0.6) is 0 Å². The molecule has 1 aliphatic heterocycles. The Labute approximate surface area is 146 Å². The highest BCUT2D eigenvalue weighted by molar-refractivity contribution is 5.49. The number of halogens is 2. The molecule has 1 atom stereocenters. The topological polar surface area (TPSA) is 48.4 Å². The van der Waals surface area contributed by atoms with Gasteiger partial charge in [0.05, 0.1) is 12.4 Å². The number of hydrogen-bond acceptors (Lipinski definition) is 6. The van der Waals surface area contributed by atoms with Crippen molar-refractivity contribution in [2.24, 2.45) is 0 Å². The number of pyridine rings is 1. The Kier molecular flexibility index (Phi) is 5.08. The number of likely N-dealkylation sites (N-methyl/N-ethyl adjacent to an activating group) is 1. The molecule has 2 aromatic heterocycles. The van der Waals surface area contributed by atoms with Gasteiger partial charge in [0, 0.05) is 58.4 Å². The number of nitrogens with zero attached hydrogens (tertiary/aromatic N) is 6. The van der Waals surface area contributed by atoms with Crippen molar-refractivity contribution in [1.82, 2.24) is 19.9 Å². The van der Waals surface area contributed by atoms with Gasteiger partial charge in [-0.1, -0.05) is 0 Å². The van der Waals surface area contributed by atoms with Gasteiger partial charge in [-0.15, -0.1) is 0 Å². The second-order valence-corrected chi connectivity index (χ2v) is 6.50. The summed E-state index contributed by atoms with van der Waals surface area (Å²) in [6.07, 6.45) is 4.57. The highest BCUT2D eigenvalue weighted by atomic mass is 19.1. The molecule has 0 aromatic carbocycles. The molecule has 0 saturated carbocycles. The zero-order chi connectivity index (χ0) is 18.0. The third kappa shape index (κ3) is 3.84. The minimum absolute atomic E-state index is 0.0789. The first kappa shape index (κ1) is 17.5. The summed E-state index contributed by atoms with van der Waals surface area (Å²) in [5.74, 6) is 0.492. The van der Waals surface area contributed by atoms with Crippen LogP contribution in [0.2, 0.25) is 0 Å². The number of likely N-dealkylation sites (tertiary alicyclic amines) is 1. The average Bonchev–Trinajstić information content (AvgIpc) is 3.06. The smallest absolute Gasteiger partial charge is 0.148 e. The van der Waals surface area contributed by atoms with E-state index < -0.39 is 11.6 Å². The predicted molar refractivity (Wildman–Crippen MR) is 92.6 cm³/mol. The van der Waals surface area contributed by atoms with Crippen LogP contribution in [0.25, 0.3) is 0 Å². The monoisotopic (exact) mass is 348 g/mol. The molecule has 0 amide bonds. The maximum Gasteiger partial charge on any atom is 0.148 e. The molecule has 3 rings (SSSR count). The van der Waals surface area contributed by atoms with Crippen molar-refractivity contribution in [3.63, 3.8) is 0 Å². The first-order valence-corrected chi connectivity index (χ1v) is 8.18. The maximum absolute atomic E-state index is 13.8. The summed E-state index contributed by atoms with van der Waals surface area (Å²) in [7, 11) is 5.85. The quantitative estimate of drug-likeness (QED) is 0.823. The minimum Gasteiger partial charge on any atom is -0.363 e. The second-order valence-electron chi connectivity index (χ2n) is 6.50. The van der Waals surface area contributed by atoms with Gasteiger partial charge < -0.3 is 9.80 Å². The van der Waals surface area contributed by atoms with E-state index in [1.807, 2.05) is 32.1 Å². The Morgan fingerprint density at radius 3 is 2.48 bits per heavy atom. The standard InChI is InChI=1S/C17H22F2N6/c1-23(2)16-6-17(22-11-21-16)24(3)12-4-5-25(9-12)10-13-14(18)7-20-8-15(13)19/h6-8,11-12H,4-5,9-10H2,1-3H3. The van der Waals surface area contributed by atoms with E-state index in [-0.39, 0.29) is 18.2 Å². The number of aromatic nitrogens is 3. The van der Waals surface area contributed by atoms with Gasteiger partial charge in [-0.05, 0) is 6.42 Å². The number of rotatable bonds is 5. The van der Waals surface area contributed by atoms with Gasteiger partial charge in [0.1, 0.15) is 29.6 Å². The lowest BCUT2D eigenvalue weighted by Crippen LogP contribution is -2.35. The van der Waals surface area contributed by atoms with Gasteiger partial charge in [0.2, 0.25) is 0 Å². The lowest BCUT2D eigenvalue weighted by Gasteiger charge is -2.26. The maximum atomic E-state index is 13.8. The summed E-state index contributed by atoms with van der Waals surface area (Å²) in [5, 5.41) is 0. The van der Waals surface area contributed by atoms with Crippen LogP contribution in [0.15, 0.2) is 24.8 Å². The summed E-state index contributed by atoms with van der Waals surface area (Å²) < 4.78 is 27.6. The lowest BCUT2D eigenvalue weighted by atomic mass is 10.2. The van der Waals surface area contributed by atoms with Gasteiger partial charge in [-0.2, -0.15) is 0 Å². The Morgan fingerprint density at radius 2 is 1.80 bits per heavy atom. The molecule has 0 bridgehead atoms. The van der Waals surface area contributed by atoms with E-state index >= 15 is 0 Å². The van der Waals surface area contributed by atoms with Crippen molar-refractivity contribution in [2.75, 3.05) is 44.0 Å². The molecule has 25 heavy (non-hydrogen) atoms. The summed E-state index contributed by atoms with van der Waals surface area (Å²) in [5.41, 5.74) is 0.0789. The molecule has 6 nitrogen and oxygen atoms in total. The molecule has 3 heterocycles. The van der Waals surface area contributed by atoms with Crippen LogP contribution < -0.4 is 9.80 Å². The predicted octanol–water partition coefficient (Wildman–Crippen LogP) is 1.93. The van der Waals surface area contributed by atoms with E-state index in [0.717, 1.165) is 43.5 Å². The molecule has 1 unspecified atom stereocenters. The molecule has 1 fully saturated rings. The van der Waals surface area contributed by atoms with Crippen molar-refractivity contribution < 1.29 is 8.78 Å². The van der Waals surface area contributed by atoms with Crippen molar-refractivity contribution in [3.8, 4) is 0 Å². The van der Waals surface area contributed by atoms with Crippen molar-refractivity contribution >= 4 is 11.6 Å². The summed E-state index contributed by atoms with van der Waals surface area (Å²) >= 11 is 0. The van der Waals surface area contributed by atoms with Gasteiger partial charge in [0.15, 0.2) is 0 Å². The van der Waals surface area contributed by atoms with Crippen LogP contribution >= 0.6 is 0 Å². The average molecular weight is 348 g/mol. The molecule has 8 heteroatoms. The van der Waals surface area contributed by atoms with E-state index in [9.17, 15) is 8.78 Å². The molecule has 0 spiro atoms. The van der Waals surface area contributed by atoms with E-state index in [1.165, 1.54) is 0 Å². The van der Waals surface area contributed by atoms with Gasteiger partial charge in [-0.25, -0.2) is 18.7 Å². The van der Waals surface area contributed by atoms with Gasteiger partial charge in [-0.3, -0.25) is 9.88 Å². The molecule has 2 aromatic rings. The zero-order valence-electron chi connectivity index (χ0n) is 14.7. The Balaban J connectivity index is 1.67. The van der Waals surface area contributed by atoms with Crippen LogP contribution in [-0.4, -0.2) is 60.1 Å². The molecule has 134 valence electrons. The molecular formula is C17H22F2N6. The molecule has 1 saturated heterocycles. The summed E-state index contributed by atoms with van der Waals surface area (Å²) in [4.78, 5) is 18.2. The van der Waals surface area contributed by atoms with Crippen molar-refractivity contribution in [2.45, 2.75) is 19.0 Å². The Hall–Kier alpha value is -2.35. The molecule has 0 N–H and O–H groups in total. The van der Waals surface area contributed by atoms with E-state index in [0.29, 0.717) is 0 Å². The molecule has 1 aliphatic rings. The number of hydrogen-bond donors (Lipinski definition) is 0. The summed E-state index contributed by atoms with van der Waals surface area (Å²) in [6.45, 7) is 1.75.